The van der Waals surface area contributed by atoms with Gasteiger partial charge in [-0.2, -0.15) is 0 Å². The van der Waals surface area contributed by atoms with E-state index in [0.29, 0.717) is 16.8 Å². The molecule has 0 saturated carbocycles. The van der Waals surface area contributed by atoms with Crippen LogP contribution in [0.15, 0.2) is 38.9 Å². The van der Waals surface area contributed by atoms with Crippen LogP contribution in [0.1, 0.15) is 30.6 Å². The predicted molar refractivity (Wildman–Crippen MR) is 103 cm³/mol. The number of carbonyl (C=O) groups excluding carboxylic acids is 1. The molecule has 0 spiro atoms. The van der Waals surface area contributed by atoms with Crippen molar-refractivity contribution < 1.29 is 13.9 Å². The number of thiazole rings is 1. The van der Waals surface area contributed by atoms with E-state index in [0.717, 1.165) is 35.5 Å². The third kappa shape index (κ3) is 3.48. The SMILES string of the molecule is CCOC(=O)c1nc(-c2cc3ccc(N(CC)CC)cc3oc2=O)cs1. The molecule has 0 aliphatic rings. The Morgan fingerprint density at radius 3 is 2.69 bits per heavy atom. The molecule has 136 valence electrons. The van der Waals surface area contributed by atoms with Gasteiger partial charge in [-0.05, 0) is 39.0 Å². The van der Waals surface area contributed by atoms with Crippen molar-refractivity contribution in [1.82, 2.24) is 4.98 Å². The average Bonchev–Trinajstić information content (AvgIpc) is 3.12. The number of rotatable bonds is 6. The molecule has 2 heterocycles. The number of fused-ring (bicyclic) bond motifs is 1. The quantitative estimate of drug-likeness (QED) is 0.482. The van der Waals surface area contributed by atoms with Crippen LogP contribution in [0, 0.1) is 0 Å². The van der Waals surface area contributed by atoms with Crippen LogP contribution in [-0.4, -0.2) is 30.6 Å². The summed E-state index contributed by atoms with van der Waals surface area (Å²) >= 11 is 1.15. The van der Waals surface area contributed by atoms with Crippen molar-refractivity contribution in [2.24, 2.45) is 0 Å². The van der Waals surface area contributed by atoms with Crippen LogP contribution in [0.25, 0.3) is 22.2 Å². The molecular weight excluding hydrogens is 352 g/mol. The summed E-state index contributed by atoms with van der Waals surface area (Å²) in [6.07, 6.45) is 0. The molecule has 3 aromatic rings. The van der Waals surface area contributed by atoms with Crippen LogP contribution < -0.4 is 10.5 Å². The first kappa shape index (κ1) is 18.1. The van der Waals surface area contributed by atoms with Crippen molar-refractivity contribution in [3.8, 4) is 11.3 Å². The van der Waals surface area contributed by atoms with E-state index >= 15 is 0 Å². The van der Waals surface area contributed by atoms with Gasteiger partial charge in [-0.1, -0.05) is 0 Å². The number of benzene rings is 1. The highest BCUT2D eigenvalue weighted by Gasteiger charge is 2.16. The van der Waals surface area contributed by atoms with Crippen molar-refractivity contribution in [3.05, 3.63) is 45.1 Å². The van der Waals surface area contributed by atoms with Crippen LogP contribution in [0.3, 0.4) is 0 Å². The zero-order valence-corrected chi connectivity index (χ0v) is 15.8. The molecule has 1 aromatic carbocycles. The monoisotopic (exact) mass is 372 g/mol. The van der Waals surface area contributed by atoms with Gasteiger partial charge in [0.1, 0.15) is 5.58 Å². The molecule has 26 heavy (non-hydrogen) atoms. The maximum absolute atomic E-state index is 12.4. The van der Waals surface area contributed by atoms with Crippen molar-refractivity contribution in [2.75, 3.05) is 24.6 Å². The maximum atomic E-state index is 12.4. The van der Waals surface area contributed by atoms with Gasteiger partial charge in [0.05, 0.1) is 17.9 Å². The van der Waals surface area contributed by atoms with E-state index in [4.69, 9.17) is 9.15 Å². The number of ether oxygens (including phenoxy) is 1. The van der Waals surface area contributed by atoms with Gasteiger partial charge < -0.3 is 14.1 Å². The smallest absolute Gasteiger partial charge is 0.367 e. The van der Waals surface area contributed by atoms with E-state index in [1.54, 1.807) is 18.4 Å². The number of aromatic nitrogens is 1. The van der Waals surface area contributed by atoms with Gasteiger partial charge in [0.2, 0.25) is 5.01 Å². The van der Waals surface area contributed by atoms with Crippen LogP contribution >= 0.6 is 11.3 Å². The number of carbonyl (C=O) groups is 1. The van der Waals surface area contributed by atoms with E-state index < -0.39 is 11.6 Å². The molecule has 0 saturated heterocycles. The van der Waals surface area contributed by atoms with Crippen molar-refractivity contribution in [2.45, 2.75) is 20.8 Å². The largest absolute Gasteiger partial charge is 0.461 e. The topological polar surface area (TPSA) is 72.6 Å². The first-order chi connectivity index (χ1) is 12.6. The highest BCUT2D eigenvalue weighted by Crippen LogP contribution is 2.26. The van der Waals surface area contributed by atoms with E-state index in [1.807, 2.05) is 18.2 Å². The fraction of sp³-hybridized carbons (Fsp3) is 0.316. The lowest BCUT2D eigenvalue weighted by atomic mass is 10.1. The number of anilines is 1. The lowest BCUT2D eigenvalue weighted by molar-refractivity contribution is 0.0526. The summed E-state index contributed by atoms with van der Waals surface area (Å²) in [6, 6.07) is 7.55. The van der Waals surface area contributed by atoms with Gasteiger partial charge in [-0.25, -0.2) is 14.6 Å². The fourth-order valence-corrected chi connectivity index (χ4v) is 3.46. The van der Waals surface area contributed by atoms with Crippen LogP contribution in [0.2, 0.25) is 0 Å². The van der Waals surface area contributed by atoms with E-state index in [1.165, 1.54) is 0 Å². The molecule has 0 amide bonds. The summed E-state index contributed by atoms with van der Waals surface area (Å²) in [7, 11) is 0. The first-order valence-corrected chi connectivity index (χ1v) is 9.41. The number of nitrogens with zero attached hydrogens (tertiary/aromatic N) is 2. The summed E-state index contributed by atoms with van der Waals surface area (Å²) in [5, 5.41) is 2.69. The Hall–Kier alpha value is -2.67. The molecule has 0 aliphatic heterocycles. The van der Waals surface area contributed by atoms with E-state index in [2.05, 4.69) is 23.7 Å². The molecule has 0 unspecified atom stereocenters. The molecule has 0 bridgehead atoms. The average molecular weight is 372 g/mol. The van der Waals surface area contributed by atoms with E-state index in [9.17, 15) is 9.59 Å². The molecular formula is C19H20N2O4S. The van der Waals surface area contributed by atoms with Gasteiger partial charge in [-0.15, -0.1) is 11.3 Å². The van der Waals surface area contributed by atoms with Crippen LogP contribution in [-0.2, 0) is 4.74 Å². The van der Waals surface area contributed by atoms with E-state index in [-0.39, 0.29) is 11.6 Å². The summed E-state index contributed by atoms with van der Waals surface area (Å²) in [6.45, 7) is 7.92. The Labute approximate surface area is 155 Å². The number of esters is 1. The molecule has 0 atom stereocenters. The molecule has 0 fully saturated rings. The summed E-state index contributed by atoms with van der Waals surface area (Å²) in [5.74, 6) is -0.488. The minimum Gasteiger partial charge on any atom is -0.461 e. The van der Waals surface area contributed by atoms with Gasteiger partial charge in [0.25, 0.3) is 0 Å². The fourth-order valence-electron chi connectivity index (χ4n) is 2.75. The Bertz CT molecular complexity index is 989. The maximum Gasteiger partial charge on any atom is 0.367 e. The van der Waals surface area contributed by atoms with Gasteiger partial charge in [0.15, 0.2) is 0 Å². The highest BCUT2D eigenvalue weighted by atomic mass is 32.1. The second kappa shape index (κ2) is 7.70. The molecule has 7 heteroatoms. The second-order valence-corrected chi connectivity index (χ2v) is 6.46. The molecule has 3 rings (SSSR count). The number of hydrogen-bond acceptors (Lipinski definition) is 7. The van der Waals surface area contributed by atoms with Crippen LogP contribution in [0.4, 0.5) is 5.69 Å². The van der Waals surface area contributed by atoms with Crippen molar-refractivity contribution >= 4 is 34.0 Å². The zero-order valence-electron chi connectivity index (χ0n) is 14.9. The zero-order chi connectivity index (χ0) is 18.7. The Balaban J connectivity index is 2.01. The van der Waals surface area contributed by atoms with Crippen molar-refractivity contribution in [3.63, 3.8) is 0 Å². The molecule has 0 aliphatic carbocycles. The van der Waals surface area contributed by atoms with Crippen molar-refractivity contribution in [1.29, 1.82) is 0 Å². The Kier molecular flexibility index (Phi) is 5.37. The summed E-state index contributed by atoms with van der Waals surface area (Å²) in [5.41, 5.74) is 1.82. The third-order valence-corrected chi connectivity index (χ3v) is 4.90. The summed E-state index contributed by atoms with van der Waals surface area (Å²) in [4.78, 5) is 30.6. The minimum atomic E-state index is -0.488. The lowest BCUT2D eigenvalue weighted by Crippen LogP contribution is -2.21. The lowest BCUT2D eigenvalue weighted by Gasteiger charge is -2.20. The standard InChI is InChI=1S/C19H20N2O4S/c1-4-21(5-2)13-8-7-12-9-14(18(22)25-16(12)10-13)15-11-26-17(20-15)19(23)24-6-3/h7-11H,4-6H2,1-3H3. The first-order valence-electron chi connectivity index (χ1n) is 8.53. The van der Waals surface area contributed by atoms with Gasteiger partial charge >= 0.3 is 11.6 Å². The predicted octanol–water partition coefficient (Wildman–Crippen LogP) is 3.94. The second-order valence-electron chi connectivity index (χ2n) is 5.60. The minimum absolute atomic E-state index is 0.221. The number of hydrogen-bond donors (Lipinski definition) is 0. The normalized spacial score (nSPS) is 10.9. The highest BCUT2D eigenvalue weighted by molar-refractivity contribution is 7.11. The van der Waals surface area contributed by atoms with Gasteiger partial charge in [0, 0.05) is 35.6 Å². The summed E-state index contributed by atoms with van der Waals surface area (Å²) < 4.78 is 10.4. The van der Waals surface area contributed by atoms with Gasteiger partial charge in [-0.3, -0.25) is 0 Å². The molecule has 0 radical (unpaired) electrons. The molecule has 0 N–H and O–H groups in total. The third-order valence-electron chi connectivity index (χ3n) is 4.08. The molecule has 6 nitrogen and oxygen atoms in total. The van der Waals surface area contributed by atoms with Crippen LogP contribution in [0.5, 0.6) is 0 Å². The Morgan fingerprint density at radius 2 is 2.00 bits per heavy atom. The Morgan fingerprint density at radius 1 is 1.23 bits per heavy atom. The molecule has 2 aromatic heterocycles.